The Morgan fingerprint density at radius 2 is 1.77 bits per heavy atom. The van der Waals surface area contributed by atoms with E-state index in [9.17, 15) is 5.11 Å². The lowest BCUT2D eigenvalue weighted by Crippen LogP contribution is -2.52. The number of aromatic nitrogens is 2. The number of aliphatic hydroxyl groups excluding tert-OH is 1. The number of hydrogen-bond acceptors (Lipinski definition) is 3. The van der Waals surface area contributed by atoms with Gasteiger partial charge in [0.2, 0.25) is 0 Å². The van der Waals surface area contributed by atoms with Gasteiger partial charge in [0.15, 0.2) is 8.24 Å². The zero-order valence-electron chi connectivity index (χ0n) is 19.3. The first kappa shape index (κ1) is 21.5. The van der Waals surface area contributed by atoms with Crippen molar-refractivity contribution >= 4 is 25.4 Å². The number of benzene rings is 1. The van der Waals surface area contributed by atoms with Gasteiger partial charge in [-0.3, -0.25) is 9.34 Å². The molecule has 1 fully saturated rings. The van der Waals surface area contributed by atoms with Crippen LogP contribution in [0.1, 0.15) is 72.5 Å². The van der Waals surface area contributed by atoms with Gasteiger partial charge >= 0.3 is 0 Å². The Kier molecular flexibility index (Phi) is 5.56. The highest BCUT2D eigenvalue weighted by molar-refractivity contribution is 6.82. The lowest BCUT2D eigenvalue weighted by Gasteiger charge is -2.43. The van der Waals surface area contributed by atoms with E-state index in [0.29, 0.717) is 22.5 Å². The molecule has 0 spiro atoms. The van der Waals surface area contributed by atoms with Crippen LogP contribution >= 0.6 is 0 Å². The Morgan fingerprint density at radius 3 is 2.30 bits per heavy atom. The molecule has 2 aromatic rings. The average molecular weight is 424 g/mol. The second-order valence-corrected chi connectivity index (χ2v) is 16.1. The Balaban J connectivity index is 1.75. The van der Waals surface area contributed by atoms with Crippen LogP contribution in [-0.4, -0.2) is 34.5 Å². The molecule has 2 atom stereocenters. The molecule has 30 heavy (non-hydrogen) atoms. The molecule has 4 rings (SSSR count). The summed E-state index contributed by atoms with van der Waals surface area (Å²) in [5.74, 6) is 0.695. The zero-order chi connectivity index (χ0) is 21.7. The van der Waals surface area contributed by atoms with Crippen LogP contribution in [0.25, 0.3) is 10.9 Å². The van der Waals surface area contributed by atoms with Crippen LogP contribution in [0.15, 0.2) is 41.5 Å². The Labute approximate surface area is 182 Å². The number of hydrogen-bond donors (Lipinski definition) is 1. The van der Waals surface area contributed by atoms with E-state index >= 15 is 0 Å². The van der Waals surface area contributed by atoms with Crippen molar-refractivity contribution < 1.29 is 5.11 Å². The van der Waals surface area contributed by atoms with Crippen LogP contribution in [-0.2, 0) is 0 Å². The third kappa shape index (κ3) is 3.30. The SMILES string of the molecule is CC(C)[Si](C(C)C)(C(C)C)n1ncc2cc(C(O)C3(CC4CC4)C=CC=N3)ccc21. The number of nitrogens with zero attached hydrogens (tertiary/aromatic N) is 3. The number of aliphatic hydroxyl groups is 1. The Bertz CT molecular complexity index is 934. The standard InChI is InChI=1S/C25H37N3OSi/c1-17(2)30(18(3)4,19(5)6)28-23-11-10-21(14-22(23)16-27-28)24(29)25(12-7-13-26-25)15-20-8-9-20/h7,10-14,16-20,24,29H,8-9,15H2,1-6H3. The van der Waals surface area contributed by atoms with Crippen LogP contribution < -0.4 is 0 Å². The molecule has 1 aliphatic heterocycles. The predicted molar refractivity (Wildman–Crippen MR) is 129 cm³/mol. The normalized spacial score (nSPS) is 22.9. The van der Waals surface area contributed by atoms with E-state index in [2.05, 4.69) is 70.2 Å². The topological polar surface area (TPSA) is 50.4 Å². The summed E-state index contributed by atoms with van der Waals surface area (Å²) >= 11 is 0. The monoisotopic (exact) mass is 423 g/mol. The van der Waals surface area contributed by atoms with Crippen molar-refractivity contribution in [3.8, 4) is 0 Å². The van der Waals surface area contributed by atoms with Crippen molar-refractivity contribution in [2.75, 3.05) is 0 Å². The average Bonchev–Trinajstić information content (AvgIpc) is 3.20. The molecule has 1 N–H and O–H groups in total. The van der Waals surface area contributed by atoms with Crippen LogP contribution in [0.4, 0.5) is 0 Å². The first-order chi connectivity index (χ1) is 14.2. The quantitative estimate of drug-likeness (QED) is 0.508. The van der Waals surface area contributed by atoms with Gasteiger partial charge < -0.3 is 5.11 Å². The van der Waals surface area contributed by atoms with Gasteiger partial charge in [-0.05, 0) is 52.7 Å². The maximum absolute atomic E-state index is 11.4. The zero-order valence-corrected chi connectivity index (χ0v) is 20.3. The van der Waals surface area contributed by atoms with Crippen molar-refractivity contribution in [2.24, 2.45) is 10.9 Å². The minimum atomic E-state index is -1.91. The molecular weight excluding hydrogens is 386 g/mol. The highest BCUT2D eigenvalue weighted by Gasteiger charge is 2.47. The summed E-state index contributed by atoms with van der Waals surface area (Å²) in [5, 5.41) is 17.4. The third-order valence-electron chi connectivity index (χ3n) is 7.62. The molecule has 2 aliphatic rings. The molecule has 162 valence electrons. The maximum atomic E-state index is 11.4. The van der Waals surface area contributed by atoms with Gasteiger partial charge in [0.05, 0.1) is 11.7 Å². The van der Waals surface area contributed by atoms with Crippen LogP contribution in [0, 0.1) is 5.92 Å². The second-order valence-electron chi connectivity index (χ2n) is 10.4. The molecule has 1 aliphatic carbocycles. The van der Waals surface area contributed by atoms with Crippen LogP contribution in [0.3, 0.4) is 0 Å². The summed E-state index contributed by atoms with van der Waals surface area (Å²) < 4.78 is 2.39. The van der Waals surface area contributed by atoms with Gasteiger partial charge in [-0.2, -0.15) is 5.10 Å². The van der Waals surface area contributed by atoms with Gasteiger partial charge in [0, 0.05) is 11.6 Å². The number of aliphatic imine (C=N–C) groups is 1. The van der Waals surface area contributed by atoms with E-state index in [0.717, 1.165) is 17.4 Å². The summed E-state index contributed by atoms with van der Waals surface area (Å²) in [4.78, 5) is 4.72. The van der Waals surface area contributed by atoms with Gasteiger partial charge in [0.1, 0.15) is 11.6 Å². The lowest BCUT2D eigenvalue weighted by atomic mass is 9.83. The van der Waals surface area contributed by atoms with Crippen molar-refractivity contribution in [3.63, 3.8) is 0 Å². The minimum absolute atomic E-state index is 0.503. The van der Waals surface area contributed by atoms with Gasteiger partial charge in [0.25, 0.3) is 0 Å². The first-order valence-corrected chi connectivity index (χ1v) is 13.8. The Hall–Kier alpha value is -1.72. The predicted octanol–water partition coefficient (Wildman–Crippen LogP) is 6.27. The molecule has 2 heterocycles. The van der Waals surface area contributed by atoms with Crippen molar-refractivity contribution in [2.45, 2.75) is 89.1 Å². The highest BCUT2D eigenvalue weighted by atomic mass is 28.3. The first-order valence-electron chi connectivity index (χ1n) is 11.6. The van der Waals surface area contributed by atoms with Crippen molar-refractivity contribution in [3.05, 3.63) is 42.1 Å². The molecule has 5 heteroatoms. The number of fused-ring (bicyclic) bond motifs is 1. The van der Waals surface area contributed by atoms with E-state index in [-0.39, 0.29) is 0 Å². The molecule has 0 bridgehead atoms. The molecule has 1 aromatic heterocycles. The molecule has 0 amide bonds. The summed E-state index contributed by atoms with van der Waals surface area (Å²) in [6.45, 7) is 14.2. The highest BCUT2D eigenvalue weighted by Crippen LogP contribution is 2.46. The molecule has 4 nitrogen and oxygen atoms in total. The maximum Gasteiger partial charge on any atom is 0.193 e. The minimum Gasteiger partial charge on any atom is -0.386 e. The van der Waals surface area contributed by atoms with E-state index in [1.54, 1.807) is 0 Å². The summed E-state index contributed by atoms with van der Waals surface area (Å²) in [6, 6.07) is 6.42. The molecule has 0 saturated heterocycles. The molecule has 1 saturated carbocycles. The summed E-state index contributed by atoms with van der Waals surface area (Å²) in [6.07, 6.45) is 10.8. The van der Waals surface area contributed by atoms with E-state index < -0.39 is 19.9 Å². The number of rotatable bonds is 8. The second kappa shape index (κ2) is 7.76. The van der Waals surface area contributed by atoms with Crippen molar-refractivity contribution in [1.82, 2.24) is 9.45 Å². The van der Waals surface area contributed by atoms with E-state index in [1.807, 2.05) is 18.5 Å². The molecule has 0 radical (unpaired) electrons. The number of allylic oxidation sites excluding steroid dienone is 1. The van der Waals surface area contributed by atoms with Gasteiger partial charge in [-0.15, -0.1) is 0 Å². The Morgan fingerprint density at radius 1 is 1.10 bits per heavy atom. The summed E-state index contributed by atoms with van der Waals surface area (Å²) in [5.41, 5.74) is 3.41. The fourth-order valence-electron chi connectivity index (χ4n) is 6.17. The molecular formula is C25H37N3OSi. The molecule has 2 unspecified atom stereocenters. The largest absolute Gasteiger partial charge is 0.386 e. The van der Waals surface area contributed by atoms with E-state index in [4.69, 9.17) is 10.1 Å². The van der Waals surface area contributed by atoms with E-state index in [1.165, 1.54) is 18.4 Å². The van der Waals surface area contributed by atoms with Gasteiger partial charge in [-0.1, -0.05) is 66.5 Å². The van der Waals surface area contributed by atoms with Crippen LogP contribution in [0.2, 0.25) is 16.6 Å². The lowest BCUT2D eigenvalue weighted by molar-refractivity contribution is 0.105. The fraction of sp³-hybridized carbons (Fsp3) is 0.600. The smallest absolute Gasteiger partial charge is 0.193 e. The molecule has 1 aromatic carbocycles. The fourth-order valence-corrected chi connectivity index (χ4v) is 12.5. The summed E-state index contributed by atoms with van der Waals surface area (Å²) in [7, 11) is -1.91. The van der Waals surface area contributed by atoms with Gasteiger partial charge in [-0.25, -0.2) is 0 Å². The van der Waals surface area contributed by atoms with Crippen LogP contribution in [0.5, 0.6) is 0 Å². The third-order valence-corrected chi connectivity index (χ3v) is 14.3. The van der Waals surface area contributed by atoms with Crippen molar-refractivity contribution in [1.29, 1.82) is 0 Å².